The van der Waals surface area contributed by atoms with Gasteiger partial charge >= 0.3 is 0 Å². The van der Waals surface area contributed by atoms with Crippen LogP contribution in [0.1, 0.15) is 19.8 Å². The third kappa shape index (κ3) is 4.75. The summed E-state index contributed by atoms with van der Waals surface area (Å²) in [7, 11) is 1.50. The lowest BCUT2D eigenvalue weighted by atomic mass is 10.1. The summed E-state index contributed by atoms with van der Waals surface area (Å²) in [5, 5.41) is 21.5. The SMILES string of the molecule is CCCC(O)Nc1cncc(-c2cc3c(-c4nc5nccc(-c6cc(F)cc(OC)c6)c5[nH]4)n[nH]c3cn2)c1. The van der Waals surface area contributed by atoms with Gasteiger partial charge in [-0.2, -0.15) is 5.10 Å². The van der Waals surface area contributed by atoms with Gasteiger partial charge in [-0.1, -0.05) is 13.3 Å². The lowest BCUT2D eigenvalue weighted by Crippen LogP contribution is -2.18. The Morgan fingerprint density at radius 3 is 2.82 bits per heavy atom. The zero-order valence-electron chi connectivity index (χ0n) is 21.2. The highest BCUT2D eigenvalue weighted by Gasteiger charge is 2.17. The van der Waals surface area contributed by atoms with Crippen LogP contribution < -0.4 is 10.1 Å². The highest BCUT2D eigenvalue weighted by Crippen LogP contribution is 2.33. The van der Waals surface area contributed by atoms with E-state index in [-0.39, 0.29) is 0 Å². The van der Waals surface area contributed by atoms with Crippen LogP contribution in [0.4, 0.5) is 10.1 Å². The number of hydrogen-bond acceptors (Lipinski definition) is 8. The van der Waals surface area contributed by atoms with E-state index in [0.29, 0.717) is 51.8 Å². The van der Waals surface area contributed by atoms with Crippen molar-refractivity contribution in [2.75, 3.05) is 12.4 Å². The molecule has 6 rings (SSSR count). The summed E-state index contributed by atoms with van der Waals surface area (Å²) in [6.07, 6.45) is 7.57. The number of halogens is 1. The number of nitrogens with one attached hydrogen (secondary N) is 3. The van der Waals surface area contributed by atoms with E-state index >= 15 is 0 Å². The number of nitrogens with zero attached hydrogens (tertiary/aromatic N) is 5. The summed E-state index contributed by atoms with van der Waals surface area (Å²) in [6.45, 7) is 2.01. The fraction of sp³-hybridized carbons (Fsp3) is 0.179. The number of pyridine rings is 3. The number of aliphatic hydroxyl groups is 1. The van der Waals surface area contributed by atoms with Crippen LogP contribution in [0, 0.1) is 5.82 Å². The van der Waals surface area contributed by atoms with E-state index < -0.39 is 12.0 Å². The molecule has 0 fully saturated rings. The van der Waals surface area contributed by atoms with Crippen molar-refractivity contribution in [3.8, 4) is 39.7 Å². The van der Waals surface area contributed by atoms with Crippen LogP contribution in [0.3, 0.4) is 0 Å². The Hall–Kier alpha value is -4.90. The fourth-order valence-electron chi connectivity index (χ4n) is 4.55. The summed E-state index contributed by atoms with van der Waals surface area (Å²) in [5.74, 6) is 0.524. The Bertz CT molecular complexity index is 1800. The van der Waals surface area contributed by atoms with Crippen molar-refractivity contribution >= 4 is 27.8 Å². The Morgan fingerprint density at radius 2 is 1.97 bits per heavy atom. The van der Waals surface area contributed by atoms with Gasteiger partial charge in [0.25, 0.3) is 0 Å². The minimum absolute atomic E-state index is 0.402. The minimum atomic E-state index is -0.650. The second-order valence-electron chi connectivity index (χ2n) is 9.12. The lowest BCUT2D eigenvalue weighted by Gasteiger charge is -2.13. The van der Waals surface area contributed by atoms with Gasteiger partial charge in [0, 0.05) is 35.0 Å². The number of fused-ring (bicyclic) bond motifs is 2. The van der Waals surface area contributed by atoms with E-state index in [4.69, 9.17) is 4.74 Å². The number of anilines is 1. The number of hydrogen-bond donors (Lipinski definition) is 4. The molecule has 0 bridgehead atoms. The van der Waals surface area contributed by atoms with Crippen molar-refractivity contribution in [2.45, 2.75) is 26.0 Å². The minimum Gasteiger partial charge on any atom is -0.497 e. The standard InChI is InChI=1S/C28H25FN8O2/c1-3-4-24(38)33-18-8-16(12-30-13-18)22-11-21-23(14-32-22)36-37-26(21)28-34-25-20(5-6-31-27(25)35-28)15-7-17(29)10-19(9-15)39-2/h5-14,24,33,38H,3-4H2,1-2H3,(H,36,37)(H,31,34,35). The van der Waals surface area contributed by atoms with Crippen molar-refractivity contribution in [1.82, 2.24) is 35.1 Å². The van der Waals surface area contributed by atoms with Gasteiger partial charge in [0.15, 0.2) is 11.5 Å². The van der Waals surface area contributed by atoms with E-state index in [0.717, 1.165) is 28.5 Å². The zero-order valence-corrected chi connectivity index (χ0v) is 21.2. The smallest absolute Gasteiger partial charge is 0.178 e. The van der Waals surface area contributed by atoms with Gasteiger partial charge in [-0.3, -0.25) is 15.1 Å². The molecule has 0 aliphatic rings. The average Bonchev–Trinajstić information content (AvgIpc) is 3.56. The van der Waals surface area contributed by atoms with E-state index in [2.05, 4.69) is 40.4 Å². The molecule has 0 aliphatic heterocycles. The van der Waals surface area contributed by atoms with Gasteiger partial charge in [-0.25, -0.2) is 14.4 Å². The molecule has 1 atom stereocenters. The predicted molar refractivity (Wildman–Crippen MR) is 146 cm³/mol. The number of methoxy groups -OCH3 is 1. The molecule has 5 aromatic heterocycles. The quantitative estimate of drug-likeness (QED) is 0.197. The van der Waals surface area contributed by atoms with Gasteiger partial charge in [-0.15, -0.1) is 0 Å². The van der Waals surface area contributed by atoms with Crippen molar-refractivity contribution < 1.29 is 14.2 Å². The zero-order chi connectivity index (χ0) is 26.9. The number of ether oxygens (including phenoxy) is 1. The molecule has 0 radical (unpaired) electrons. The molecule has 4 N–H and O–H groups in total. The van der Waals surface area contributed by atoms with Crippen LogP contribution >= 0.6 is 0 Å². The van der Waals surface area contributed by atoms with E-state index in [1.165, 1.54) is 19.2 Å². The highest BCUT2D eigenvalue weighted by molar-refractivity contribution is 5.96. The maximum absolute atomic E-state index is 14.2. The molecule has 0 amide bonds. The molecule has 0 spiro atoms. The molecule has 0 saturated carbocycles. The molecule has 1 unspecified atom stereocenters. The third-order valence-electron chi connectivity index (χ3n) is 6.41. The molecule has 11 heteroatoms. The Kier molecular flexibility index (Phi) is 6.33. The lowest BCUT2D eigenvalue weighted by molar-refractivity contribution is 0.192. The largest absolute Gasteiger partial charge is 0.497 e. The Morgan fingerprint density at radius 1 is 1.08 bits per heavy atom. The first-order chi connectivity index (χ1) is 19.0. The molecular formula is C28H25FN8O2. The van der Waals surface area contributed by atoms with Crippen molar-refractivity contribution in [1.29, 1.82) is 0 Å². The summed E-state index contributed by atoms with van der Waals surface area (Å²) >= 11 is 0. The first-order valence-corrected chi connectivity index (χ1v) is 12.5. The average molecular weight is 525 g/mol. The van der Waals surface area contributed by atoms with Gasteiger partial charge in [0.2, 0.25) is 0 Å². The first kappa shape index (κ1) is 24.4. The first-order valence-electron chi connectivity index (χ1n) is 12.5. The normalized spacial score (nSPS) is 12.2. The molecule has 0 saturated heterocycles. The molecule has 10 nitrogen and oxygen atoms in total. The Balaban J connectivity index is 1.40. The van der Waals surface area contributed by atoms with Crippen LogP contribution in [-0.4, -0.2) is 53.6 Å². The van der Waals surface area contributed by atoms with E-state index in [1.807, 2.05) is 19.1 Å². The van der Waals surface area contributed by atoms with Gasteiger partial charge < -0.3 is 20.1 Å². The van der Waals surface area contributed by atoms with Crippen LogP contribution in [0.25, 0.3) is 56.0 Å². The third-order valence-corrected chi connectivity index (χ3v) is 6.41. The summed E-state index contributed by atoms with van der Waals surface area (Å²) in [6, 6.07) is 10.1. The maximum Gasteiger partial charge on any atom is 0.178 e. The number of aromatic amines is 2. The van der Waals surface area contributed by atoms with Gasteiger partial charge in [0.1, 0.15) is 23.5 Å². The summed E-state index contributed by atoms with van der Waals surface area (Å²) in [4.78, 5) is 21.3. The van der Waals surface area contributed by atoms with E-state index in [1.54, 1.807) is 36.9 Å². The number of aromatic nitrogens is 7. The van der Waals surface area contributed by atoms with Crippen LogP contribution in [-0.2, 0) is 0 Å². The van der Waals surface area contributed by atoms with Gasteiger partial charge in [0.05, 0.1) is 41.9 Å². The second-order valence-corrected chi connectivity index (χ2v) is 9.12. The van der Waals surface area contributed by atoms with Crippen LogP contribution in [0.5, 0.6) is 5.75 Å². The molecule has 1 aromatic carbocycles. The monoisotopic (exact) mass is 524 g/mol. The molecule has 196 valence electrons. The van der Waals surface area contributed by atoms with Crippen LogP contribution in [0.2, 0.25) is 0 Å². The second kappa shape index (κ2) is 10.1. The summed E-state index contributed by atoms with van der Waals surface area (Å²) < 4.78 is 19.5. The maximum atomic E-state index is 14.2. The number of H-pyrrole nitrogens is 2. The molecule has 5 heterocycles. The number of imidazole rings is 1. The molecule has 39 heavy (non-hydrogen) atoms. The van der Waals surface area contributed by atoms with E-state index in [9.17, 15) is 9.50 Å². The molecule has 0 aliphatic carbocycles. The van der Waals surface area contributed by atoms with Crippen molar-refractivity contribution in [3.63, 3.8) is 0 Å². The number of benzene rings is 1. The number of rotatable bonds is 8. The highest BCUT2D eigenvalue weighted by atomic mass is 19.1. The summed E-state index contributed by atoms with van der Waals surface area (Å²) in [5.41, 5.74) is 6.00. The molecular weight excluding hydrogens is 499 g/mol. The van der Waals surface area contributed by atoms with Crippen molar-refractivity contribution in [2.24, 2.45) is 0 Å². The Labute approximate surface area is 222 Å². The van der Waals surface area contributed by atoms with Gasteiger partial charge in [-0.05, 0) is 42.3 Å². The van der Waals surface area contributed by atoms with Crippen LogP contribution in [0.15, 0.2) is 61.2 Å². The number of aliphatic hydroxyl groups excluding tert-OH is 1. The van der Waals surface area contributed by atoms with Crippen molar-refractivity contribution in [3.05, 3.63) is 67.0 Å². The predicted octanol–water partition coefficient (Wildman–Crippen LogP) is 5.30. The fourth-order valence-corrected chi connectivity index (χ4v) is 4.55. The molecule has 6 aromatic rings. The topological polar surface area (TPSA) is 138 Å².